The summed E-state index contributed by atoms with van der Waals surface area (Å²) in [5, 5.41) is 11.7. The molecule has 110 valence electrons. The molecule has 1 saturated heterocycles. The Kier molecular flexibility index (Phi) is 4.76. The highest BCUT2D eigenvalue weighted by atomic mass is 16.4. The zero-order valence-corrected chi connectivity index (χ0v) is 11.4. The van der Waals surface area contributed by atoms with Gasteiger partial charge >= 0.3 is 5.97 Å². The molecular weight excluding hydrogens is 260 g/mol. The summed E-state index contributed by atoms with van der Waals surface area (Å²) in [4.78, 5) is 36.7. The first kappa shape index (κ1) is 14.6. The van der Waals surface area contributed by atoms with Crippen molar-refractivity contribution in [1.82, 2.24) is 10.2 Å². The Labute approximate surface area is 117 Å². The topological polar surface area (TPSA) is 86.7 Å². The number of aliphatic carboxylic acids is 1. The summed E-state index contributed by atoms with van der Waals surface area (Å²) in [6.45, 7) is 1.46. The summed E-state index contributed by atoms with van der Waals surface area (Å²) in [6, 6.07) is 0. The number of hydrogen-bond donors (Lipinski definition) is 2. The Morgan fingerprint density at radius 1 is 1.10 bits per heavy atom. The van der Waals surface area contributed by atoms with E-state index in [0.29, 0.717) is 12.8 Å². The molecule has 0 aromatic carbocycles. The predicted octanol–water partition coefficient (Wildman–Crippen LogP) is 0.392. The quantitative estimate of drug-likeness (QED) is 0.729. The second-order valence-corrected chi connectivity index (χ2v) is 5.30. The van der Waals surface area contributed by atoms with Gasteiger partial charge in [0.05, 0.1) is 18.4 Å². The average molecular weight is 280 g/mol. The van der Waals surface area contributed by atoms with Crippen molar-refractivity contribution in [3.63, 3.8) is 0 Å². The van der Waals surface area contributed by atoms with Gasteiger partial charge in [-0.3, -0.25) is 14.4 Å². The van der Waals surface area contributed by atoms with Crippen molar-refractivity contribution in [2.24, 2.45) is 11.8 Å². The Balaban J connectivity index is 1.85. The average Bonchev–Trinajstić information content (AvgIpc) is 2.98. The summed E-state index contributed by atoms with van der Waals surface area (Å²) >= 11 is 0. The van der Waals surface area contributed by atoms with E-state index in [-0.39, 0.29) is 18.4 Å². The van der Waals surface area contributed by atoms with Gasteiger partial charge in [-0.1, -0.05) is 12.2 Å². The second-order valence-electron chi connectivity index (χ2n) is 5.30. The van der Waals surface area contributed by atoms with Crippen LogP contribution in [0.1, 0.15) is 25.7 Å². The number of carbonyl (C=O) groups is 3. The van der Waals surface area contributed by atoms with Crippen LogP contribution in [0.25, 0.3) is 0 Å². The monoisotopic (exact) mass is 280 g/mol. The molecule has 20 heavy (non-hydrogen) atoms. The first-order valence-electron chi connectivity index (χ1n) is 7.03. The number of likely N-dealkylation sites (tertiary alicyclic amines) is 1. The zero-order chi connectivity index (χ0) is 14.5. The Bertz CT molecular complexity index is 427. The summed E-state index contributed by atoms with van der Waals surface area (Å²) in [6.07, 6.45) is 6.42. The Morgan fingerprint density at radius 2 is 1.70 bits per heavy atom. The summed E-state index contributed by atoms with van der Waals surface area (Å²) in [7, 11) is 0. The Morgan fingerprint density at radius 3 is 2.30 bits per heavy atom. The largest absolute Gasteiger partial charge is 0.481 e. The van der Waals surface area contributed by atoms with Gasteiger partial charge in [-0.15, -0.1) is 0 Å². The number of carboxylic acid groups (broad SMARTS) is 1. The normalized spacial score (nSPS) is 25.5. The molecule has 0 saturated carbocycles. The standard InChI is InChI=1S/C14H20N2O4/c17-12(16-7-3-4-8-16)9-15-13(18)10-5-1-2-6-11(10)14(19)20/h1-2,10-11H,3-9H2,(H,15,18)(H,19,20)/t10-,11+/m1/s1. The van der Waals surface area contributed by atoms with Crippen molar-refractivity contribution < 1.29 is 19.5 Å². The number of hydrogen-bond acceptors (Lipinski definition) is 3. The zero-order valence-electron chi connectivity index (χ0n) is 11.4. The number of carbonyl (C=O) groups excluding carboxylic acids is 2. The summed E-state index contributed by atoms with van der Waals surface area (Å²) in [5.41, 5.74) is 0. The lowest BCUT2D eigenvalue weighted by atomic mass is 9.82. The van der Waals surface area contributed by atoms with Crippen molar-refractivity contribution >= 4 is 17.8 Å². The number of carboxylic acids is 1. The molecule has 2 rings (SSSR count). The maximum atomic E-state index is 12.1. The van der Waals surface area contributed by atoms with E-state index in [1.165, 1.54) is 0 Å². The fourth-order valence-electron chi connectivity index (χ4n) is 2.75. The predicted molar refractivity (Wildman–Crippen MR) is 71.8 cm³/mol. The van der Waals surface area contributed by atoms with Gasteiger partial charge in [0, 0.05) is 13.1 Å². The fourth-order valence-corrected chi connectivity index (χ4v) is 2.75. The molecular formula is C14H20N2O4. The first-order valence-corrected chi connectivity index (χ1v) is 7.03. The van der Waals surface area contributed by atoms with E-state index in [2.05, 4.69) is 5.32 Å². The molecule has 1 aliphatic carbocycles. The van der Waals surface area contributed by atoms with Gasteiger partial charge in [0.25, 0.3) is 0 Å². The molecule has 2 atom stereocenters. The van der Waals surface area contributed by atoms with E-state index >= 15 is 0 Å². The third-order valence-corrected chi connectivity index (χ3v) is 3.96. The minimum Gasteiger partial charge on any atom is -0.481 e. The molecule has 6 nitrogen and oxygen atoms in total. The highest BCUT2D eigenvalue weighted by molar-refractivity contribution is 5.89. The molecule has 1 aliphatic heterocycles. The second kappa shape index (κ2) is 6.54. The van der Waals surface area contributed by atoms with Crippen molar-refractivity contribution in [1.29, 1.82) is 0 Å². The lowest BCUT2D eigenvalue weighted by Crippen LogP contribution is -2.43. The van der Waals surface area contributed by atoms with Gasteiger partial charge in [-0.05, 0) is 25.7 Å². The maximum absolute atomic E-state index is 12.1. The van der Waals surface area contributed by atoms with Crippen molar-refractivity contribution in [2.45, 2.75) is 25.7 Å². The first-order chi connectivity index (χ1) is 9.59. The third-order valence-electron chi connectivity index (χ3n) is 3.96. The molecule has 6 heteroatoms. The van der Waals surface area contributed by atoms with E-state index in [1.54, 1.807) is 11.0 Å². The van der Waals surface area contributed by atoms with E-state index < -0.39 is 17.8 Å². The number of allylic oxidation sites excluding steroid dienone is 2. The molecule has 0 unspecified atom stereocenters. The van der Waals surface area contributed by atoms with Crippen molar-refractivity contribution in [2.75, 3.05) is 19.6 Å². The third kappa shape index (κ3) is 3.37. The molecule has 0 aromatic heterocycles. The maximum Gasteiger partial charge on any atom is 0.307 e. The van der Waals surface area contributed by atoms with Crippen LogP contribution in [0.4, 0.5) is 0 Å². The summed E-state index contributed by atoms with van der Waals surface area (Å²) < 4.78 is 0. The van der Waals surface area contributed by atoms with Crippen LogP contribution in [-0.2, 0) is 14.4 Å². The van der Waals surface area contributed by atoms with Crippen LogP contribution >= 0.6 is 0 Å². The van der Waals surface area contributed by atoms with Crippen LogP contribution in [0.5, 0.6) is 0 Å². The number of amides is 2. The highest BCUT2D eigenvalue weighted by Crippen LogP contribution is 2.25. The van der Waals surface area contributed by atoms with Crippen LogP contribution in [0, 0.1) is 11.8 Å². The van der Waals surface area contributed by atoms with Crippen LogP contribution in [0.15, 0.2) is 12.2 Å². The SMILES string of the molecule is O=C(O)[C@H]1CC=CC[C@H]1C(=O)NCC(=O)N1CCCC1. The van der Waals surface area contributed by atoms with E-state index in [4.69, 9.17) is 5.11 Å². The van der Waals surface area contributed by atoms with Crippen LogP contribution < -0.4 is 5.32 Å². The van der Waals surface area contributed by atoms with Gasteiger partial charge in [-0.25, -0.2) is 0 Å². The lowest BCUT2D eigenvalue weighted by Gasteiger charge is -2.24. The molecule has 2 amide bonds. The summed E-state index contributed by atoms with van der Waals surface area (Å²) in [5.74, 6) is -2.66. The van der Waals surface area contributed by atoms with E-state index in [0.717, 1.165) is 25.9 Å². The lowest BCUT2D eigenvalue weighted by molar-refractivity contribution is -0.147. The van der Waals surface area contributed by atoms with E-state index in [9.17, 15) is 14.4 Å². The molecule has 2 aliphatic rings. The minimum atomic E-state index is -0.958. The van der Waals surface area contributed by atoms with Crippen LogP contribution in [0.3, 0.4) is 0 Å². The molecule has 0 aromatic rings. The van der Waals surface area contributed by atoms with Crippen LogP contribution in [0.2, 0.25) is 0 Å². The van der Waals surface area contributed by atoms with Gasteiger partial charge in [-0.2, -0.15) is 0 Å². The van der Waals surface area contributed by atoms with Gasteiger partial charge in [0.1, 0.15) is 0 Å². The molecule has 0 bridgehead atoms. The molecule has 0 spiro atoms. The smallest absolute Gasteiger partial charge is 0.307 e. The molecule has 1 fully saturated rings. The molecule has 0 radical (unpaired) electrons. The number of nitrogens with zero attached hydrogens (tertiary/aromatic N) is 1. The van der Waals surface area contributed by atoms with Gasteiger partial charge < -0.3 is 15.3 Å². The van der Waals surface area contributed by atoms with Crippen molar-refractivity contribution in [3.05, 3.63) is 12.2 Å². The minimum absolute atomic E-state index is 0.0363. The molecule has 2 N–H and O–H groups in total. The van der Waals surface area contributed by atoms with Gasteiger partial charge in [0.15, 0.2) is 0 Å². The van der Waals surface area contributed by atoms with E-state index in [1.807, 2.05) is 6.08 Å². The molecule has 1 heterocycles. The Hall–Kier alpha value is -1.85. The highest BCUT2D eigenvalue weighted by Gasteiger charge is 2.34. The van der Waals surface area contributed by atoms with Crippen molar-refractivity contribution in [3.8, 4) is 0 Å². The number of nitrogens with one attached hydrogen (secondary N) is 1. The number of rotatable bonds is 4. The fraction of sp³-hybridized carbons (Fsp3) is 0.643. The van der Waals surface area contributed by atoms with Crippen LogP contribution in [-0.4, -0.2) is 47.4 Å². The van der Waals surface area contributed by atoms with Gasteiger partial charge in [0.2, 0.25) is 11.8 Å².